The Morgan fingerprint density at radius 2 is 0.731 bits per heavy atom. The Morgan fingerprint density at radius 3 is 1.01 bits per heavy atom. The Kier molecular flexibility index (Phi) is 31.1. The van der Waals surface area contributed by atoms with E-state index in [-0.39, 0.29) is 38.8 Å². The molecule has 17 aromatic rings. The molecule has 3 N–H and O–H groups in total. The highest BCUT2D eigenvalue weighted by Crippen LogP contribution is 2.37. The molecule has 5 aromatic carbocycles. The quantitative estimate of drug-likeness (QED) is 0.0201. The monoisotopic (exact) mass is 2000 g/mol. The van der Waals surface area contributed by atoms with Crippen molar-refractivity contribution in [1.82, 2.24) is 93.0 Å². The third kappa shape index (κ3) is 20.5. The van der Waals surface area contributed by atoms with Gasteiger partial charge in [-0.25, -0.2) is 49.8 Å². The Hall–Kier alpha value is -11.9. The van der Waals surface area contributed by atoms with Crippen molar-refractivity contribution in [2.45, 2.75) is 107 Å². The van der Waals surface area contributed by atoms with Crippen LogP contribution in [0.15, 0.2) is 221 Å². The van der Waals surface area contributed by atoms with E-state index in [1.165, 1.54) is 57.9 Å². The summed E-state index contributed by atoms with van der Waals surface area (Å²) in [6, 6.07) is 36.7. The fourth-order valence-electron chi connectivity index (χ4n) is 13.7. The molecule has 12 heterocycles. The maximum Gasteiger partial charge on any atom is 0.260 e. The van der Waals surface area contributed by atoms with Crippen LogP contribution in [-0.2, 0) is 43.5 Å². The van der Waals surface area contributed by atoms with Crippen LogP contribution in [0, 0.1) is 25.2 Å². The van der Waals surface area contributed by atoms with Crippen LogP contribution in [0.3, 0.4) is 0 Å². The number of amidine groups is 1. The molecule has 0 aliphatic carbocycles. The van der Waals surface area contributed by atoms with Crippen molar-refractivity contribution in [3.8, 4) is 84.5 Å². The van der Waals surface area contributed by atoms with Gasteiger partial charge in [0.05, 0.1) is 22.4 Å². The van der Waals surface area contributed by atoms with Crippen molar-refractivity contribution in [3.63, 3.8) is 0 Å². The van der Waals surface area contributed by atoms with Crippen LogP contribution in [0.25, 0.3) is 134 Å². The second-order valence-electron chi connectivity index (χ2n) is 27.7. The zero-order chi connectivity index (χ0) is 93.2. The minimum Gasteiger partial charge on any atom is -0.409 e. The molecule has 17 rings (SSSR count). The van der Waals surface area contributed by atoms with Crippen molar-refractivity contribution in [1.29, 1.82) is 5.26 Å². The molecule has 662 valence electrons. The number of aromatic nitrogens is 19. The van der Waals surface area contributed by atoms with E-state index >= 15 is 0 Å². The summed E-state index contributed by atoms with van der Waals surface area (Å²) in [6.07, 6.45) is 17.5. The Labute approximate surface area is 793 Å². The summed E-state index contributed by atoms with van der Waals surface area (Å²) in [4.78, 5) is 117. The normalized spacial score (nSPS) is 11.5. The number of nitriles is 1. The first-order valence-electron chi connectivity index (χ1n) is 39.2. The molecule has 0 fully saturated rings. The van der Waals surface area contributed by atoms with Crippen LogP contribution in [0.4, 0.5) is 0 Å². The number of fused-ring (bicyclic) bond motifs is 5. The second kappa shape index (κ2) is 42.3. The highest BCUT2D eigenvalue weighted by Gasteiger charge is 2.24. The van der Waals surface area contributed by atoms with Gasteiger partial charge in [0.15, 0.2) is 26.5 Å². The summed E-state index contributed by atoms with van der Waals surface area (Å²) in [5.41, 5.74) is 15.4. The molecule has 0 spiro atoms. The van der Waals surface area contributed by atoms with Gasteiger partial charge in [0.25, 0.3) is 27.8 Å². The predicted molar refractivity (Wildman–Crippen MR) is 520 cm³/mol. The fraction of sp³-hybridized carbons (Fsp3) is 0.193. The first kappa shape index (κ1) is 95.6. The molecule has 0 saturated carbocycles. The highest BCUT2D eigenvalue weighted by molar-refractivity contribution is 9.10. The fourth-order valence-corrected chi connectivity index (χ4v) is 17.4. The molecule has 0 saturated heterocycles. The van der Waals surface area contributed by atoms with Gasteiger partial charge in [-0.1, -0.05) is 185 Å². The van der Waals surface area contributed by atoms with Crippen molar-refractivity contribution >= 4 is 193 Å². The average Bonchev–Trinajstić information content (AvgIpc) is 0.860. The van der Waals surface area contributed by atoms with E-state index in [2.05, 4.69) is 91.2 Å². The lowest BCUT2D eigenvalue weighted by molar-refractivity contribution is 0.318. The molecule has 0 aliphatic heterocycles. The van der Waals surface area contributed by atoms with Gasteiger partial charge in [0.1, 0.15) is 28.2 Å². The van der Waals surface area contributed by atoms with E-state index in [0.29, 0.717) is 208 Å². The van der Waals surface area contributed by atoms with Crippen molar-refractivity contribution < 1.29 is 18.5 Å². The number of halogens is 6. The molecular formula is C88H74BrCl5N22O9S5. The van der Waals surface area contributed by atoms with Crippen LogP contribution >= 0.6 is 121 Å². The topological polar surface area (TPSA) is 416 Å². The second-order valence-corrected chi connectivity index (χ2v) is 35.1. The number of nitrogens with two attached hydrogens (primary N) is 1. The van der Waals surface area contributed by atoms with Crippen LogP contribution < -0.4 is 33.5 Å². The number of thioether (sulfide) groups is 4. The smallest absolute Gasteiger partial charge is 0.260 e. The predicted octanol–water partition coefficient (Wildman–Crippen LogP) is 18.7. The lowest BCUT2D eigenvalue weighted by Crippen LogP contribution is -2.22. The summed E-state index contributed by atoms with van der Waals surface area (Å²) in [5, 5.41) is 37.0. The molecule has 130 heavy (non-hydrogen) atoms. The van der Waals surface area contributed by atoms with Crippen LogP contribution in [0.5, 0.6) is 0 Å². The molecule has 42 heteroatoms. The maximum atomic E-state index is 13.1. The van der Waals surface area contributed by atoms with Crippen molar-refractivity contribution in [3.05, 3.63) is 257 Å². The zero-order valence-corrected chi connectivity index (χ0v) is 80.4. The van der Waals surface area contributed by atoms with Crippen molar-refractivity contribution in [2.24, 2.45) is 10.9 Å². The molecule has 12 aromatic heterocycles. The van der Waals surface area contributed by atoms with Gasteiger partial charge in [-0.3, -0.25) is 51.0 Å². The third-order valence-electron chi connectivity index (χ3n) is 20.0. The number of pyridine rings is 5. The number of hydrogen-bond donors (Lipinski definition) is 2. The first-order valence-corrected chi connectivity index (χ1v) is 48.3. The SMILES string of the molecule is CCn1c(=O)c(-c2ccc(-c3noc(C)n3)cc2Cl)cc2cnc(S(C)=O)nc21.CCn1c(=O)c(-c2ccc(-c3noc(C)n3)cc2Cl)cc2cnc(SC)nc21.CCn1c(=O)c(-c2ccc(/C(N)=N/O)cc2Cl)cc2cnc(SC)nc21.CCn1c(=O)c(-c2ccc(Br)cc2Cl)cc2cnc(SC)nc21.CCn1c(=O)c(-c2ccc(C#N)cc2Cl)cc2cnc(SC)nc21. The molecule has 1 unspecified atom stereocenters. The largest absolute Gasteiger partial charge is 0.409 e. The van der Waals surface area contributed by atoms with Gasteiger partial charge < -0.3 is 20.0 Å². The molecule has 31 nitrogen and oxygen atoms in total. The minimum absolute atomic E-state index is 0.0547. The number of rotatable bonds is 18. The lowest BCUT2D eigenvalue weighted by atomic mass is 10.0. The van der Waals surface area contributed by atoms with E-state index in [0.717, 1.165) is 31.6 Å². The Bertz CT molecular complexity index is 7740. The minimum atomic E-state index is -1.34. The summed E-state index contributed by atoms with van der Waals surface area (Å²) < 4.78 is 30.6. The van der Waals surface area contributed by atoms with Gasteiger partial charge in [-0.2, -0.15) is 15.2 Å². The third-order valence-corrected chi connectivity index (χ3v) is 25.0. The average molecular weight is 2000 g/mol. The van der Waals surface area contributed by atoms with E-state index in [9.17, 15) is 28.2 Å². The first-order chi connectivity index (χ1) is 62.5. The number of oxime groups is 1. The highest BCUT2D eigenvalue weighted by atomic mass is 79.9. The maximum absolute atomic E-state index is 13.1. The lowest BCUT2D eigenvalue weighted by Gasteiger charge is -2.12. The Morgan fingerprint density at radius 1 is 0.431 bits per heavy atom. The van der Waals surface area contributed by atoms with Crippen molar-refractivity contribution in [2.75, 3.05) is 31.3 Å². The van der Waals surface area contributed by atoms with Gasteiger partial charge in [-0.05, 0) is 132 Å². The van der Waals surface area contributed by atoms with E-state index in [1.54, 1.807) is 160 Å². The number of aryl methyl sites for hydroxylation is 7. The summed E-state index contributed by atoms with van der Waals surface area (Å²) in [6.45, 7) is 15.3. The molecule has 0 bridgehead atoms. The van der Waals surface area contributed by atoms with Crippen LogP contribution in [0.1, 0.15) is 57.5 Å². The number of benzene rings is 5. The molecule has 0 aliphatic rings. The summed E-state index contributed by atoms with van der Waals surface area (Å²) in [7, 11) is -1.34. The molecule has 0 radical (unpaired) electrons. The molecular weight excluding hydrogens is 1930 g/mol. The standard InChI is InChI=1S/C19H16ClN5O3S.C19H16ClN5O2S.C17H16ClN5O2S.C17H13ClN4OS.C16H13BrClN3OS/c1-4-25-17-12(9-21-19(23-17)29(3)27)7-14(18(25)26)13-6-5-11(8-15(13)20)16-22-10(2)28-24-16;1-4-25-17-12(9-21-19(23-17)28-3)7-14(18(25)26)13-6-5-11(8-15(13)20)16-22-10(2)27-24-16;1-3-23-15-10(8-20-17(21-15)26-2)6-12(16(23)24)11-5-4-9(7-13(11)18)14(19)22-25;1-3-22-15-11(9-20-17(21-15)24-2)7-13(16(22)23)12-5-4-10(8-19)6-14(12)18;1-3-21-14-9(8-19-16(20-14)23-2)6-12(15(21)22)11-5-4-10(17)7-13(11)18/h5-9H,4H2,1-3H3;5-9H,4H2,1-3H3;4-8,25H,3H2,1-2H3,(H2,19,22);4-7,9H,3H2,1-2H3;4-8H,3H2,1-2H3. The molecule has 0 amide bonds. The van der Waals surface area contributed by atoms with Gasteiger partial charge >= 0.3 is 0 Å². The van der Waals surface area contributed by atoms with Gasteiger partial charge in [-0.15, -0.1) is 0 Å². The van der Waals surface area contributed by atoms with E-state index in [1.807, 2.05) is 90.0 Å². The number of hydrogen-bond acceptors (Lipinski definition) is 29. The van der Waals surface area contributed by atoms with Gasteiger partial charge in [0.2, 0.25) is 28.6 Å². The van der Waals surface area contributed by atoms with Crippen LogP contribution in [0.2, 0.25) is 25.1 Å². The summed E-state index contributed by atoms with van der Waals surface area (Å²) >= 11 is 41.1. The van der Waals surface area contributed by atoms with Gasteiger partial charge in [0, 0.05) is 213 Å². The van der Waals surface area contributed by atoms with E-state index < -0.39 is 10.8 Å². The van der Waals surface area contributed by atoms with Crippen LogP contribution in [-0.4, -0.2) is 139 Å². The number of nitrogens with zero attached hydrogens (tertiary/aromatic N) is 21. The zero-order valence-electron chi connectivity index (χ0n) is 71.0. The Balaban J connectivity index is 0.000000139. The van der Waals surface area contributed by atoms with E-state index in [4.69, 9.17) is 83.3 Å². The molecule has 1 atom stereocenters. The summed E-state index contributed by atoms with van der Waals surface area (Å²) in [5.74, 6) is 1.75.